The Morgan fingerprint density at radius 1 is 1.24 bits per heavy atom. The van der Waals surface area contributed by atoms with Gasteiger partial charge in [0.15, 0.2) is 0 Å². The van der Waals surface area contributed by atoms with Crippen molar-refractivity contribution in [3.8, 4) is 10.6 Å². The second kappa shape index (κ2) is 4.39. The Morgan fingerprint density at radius 2 is 2.10 bits per heavy atom. The number of halogens is 3. The molecule has 0 unspecified atom stereocenters. The van der Waals surface area contributed by atoms with Gasteiger partial charge in [-0.1, -0.05) is 17.4 Å². The molecule has 10 heteroatoms. The molecule has 0 aliphatic heterocycles. The van der Waals surface area contributed by atoms with Gasteiger partial charge in [0.25, 0.3) is 0 Å². The minimum absolute atomic E-state index is 0.263. The summed E-state index contributed by atoms with van der Waals surface area (Å²) in [7, 11) is 0. The molecule has 5 nitrogen and oxygen atoms in total. The highest BCUT2D eigenvalue weighted by Crippen LogP contribution is 2.34. The lowest BCUT2D eigenvalue weighted by atomic mass is 10.2. The van der Waals surface area contributed by atoms with E-state index in [1.54, 1.807) is 5.51 Å². The van der Waals surface area contributed by atoms with Gasteiger partial charge in [-0.15, -0.1) is 21.5 Å². The monoisotopic (exact) mass is 343 g/mol. The van der Waals surface area contributed by atoms with Gasteiger partial charge in [0.05, 0.1) is 15.7 Å². The van der Waals surface area contributed by atoms with Crippen LogP contribution in [0.2, 0.25) is 0 Å². The minimum atomic E-state index is -3.61. The van der Waals surface area contributed by atoms with Crippen LogP contribution in [-0.2, 0) is 5.38 Å². The number of fused-ring (bicyclic) bond motifs is 2. The molecule has 0 spiro atoms. The van der Waals surface area contributed by atoms with E-state index in [0.29, 0.717) is 5.01 Å². The first-order valence-corrected chi connectivity index (χ1v) is 7.73. The standard InChI is InChI=1S/C11H4ClF2N5S2/c12-11(13,14)9-16-17-10-19(9)18-8(21-10)5-1-2-7-6(3-5)15-4-20-7/h1-4H. The highest BCUT2D eigenvalue weighted by molar-refractivity contribution is 7.20. The highest BCUT2D eigenvalue weighted by Gasteiger charge is 2.35. The number of thiazole rings is 1. The largest absolute Gasteiger partial charge is 0.383 e. The van der Waals surface area contributed by atoms with Crippen molar-refractivity contribution in [1.82, 2.24) is 24.8 Å². The van der Waals surface area contributed by atoms with Crippen LogP contribution in [0.1, 0.15) is 5.82 Å². The van der Waals surface area contributed by atoms with Crippen LogP contribution < -0.4 is 0 Å². The van der Waals surface area contributed by atoms with Crippen LogP contribution in [0.5, 0.6) is 0 Å². The molecule has 0 atom stereocenters. The van der Waals surface area contributed by atoms with Crippen molar-refractivity contribution in [2.75, 3.05) is 0 Å². The number of benzene rings is 1. The molecule has 0 aliphatic rings. The second-order valence-electron chi connectivity index (χ2n) is 4.16. The molecule has 0 saturated heterocycles. The summed E-state index contributed by atoms with van der Waals surface area (Å²) in [5.74, 6) is -0.684. The molecule has 0 bridgehead atoms. The van der Waals surface area contributed by atoms with E-state index in [2.05, 4.69) is 20.3 Å². The molecule has 21 heavy (non-hydrogen) atoms. The summed E-state index contributed by atoms with van der Waals surface area (Å²) in [5.41, 5.74) is 3.37. The lowest BCUT2D eigenvalue weighted by Crippen LogP contribution is -2.10. The molecule has 3 heterocycles. The topological polar surface area (TPSA) is 56.0 Å². The van der Waals surface area contributed by atoms with Gasteiger partial charge in [0.1, 0.15) is 5.01 Å². The van der Waals surface area contributed by atoms with Gasteiger partial charge in [0, 0.05) is 5.56 Å². The molecular weight excluding hydrogens is 340 g/mol. The molecule has 1 aromatic carbocycles. The molecule has 0 aliphatic carbocycles. The quantitative estimate of drug-likeness (QED) is 0.520. The van der Waals surface area contributed by atoms with Crippen LogP contribution in [0.25, 0.3) is 25.7 Å². The second-order valence-corrected chi connectivity index (χ2v) is 6.47. The van der Waals surface area contributed by atoms with Gasteiger partial charge in [0.2, 0.25) is 10.8 Å². The zero-order valence-electron chi connectivity index (χ0n) is 10.00. The maximum Gasteiger partial charge on any atom is 0.383 e. The summed E-state index contributed by atoms with van der Waals surface area (Å²) in [4.78, 5) is 4.49. The van der Waals surface area contributed by atoms with Gasteiger partial charge >= 0.3 is 5.38 Å². The summed E-state index contributed by atoms with van der Waals surface area (Å²) < 4.78 is 28.4. The number of alkyl halides is 3. The molecule has 0 saturated carbocycles. The average Bonchev–Trinajstić information content (AvgIpc) is 3.10. The van der Waals surface area contributed by atoms with E-state index in [-0.39, 0.29) is 4.96 Å². The van der Waals surface area contributed by atoms with Crippen LogP contribution in [0, 0.1) is 0 Å². The lowest BCUT2D eigenvalue weighted by molar-refractivity contribution is 0.0821. The van der Waals surface area contributed by atoms with Gasteiger partial charge < -0.3 is 0 Å². The van der Waals surface area contributed by atoms with Crippen LogP contribution in [0.4, 0.5) is 8.78 Å². The lowest BCUT2D eigenvalue weighted by Gasteiger charge is -2.01. The molecular formula is C11H4ClF2N5S2. The maximum absolute atomic E-state index is 13.2. The number of rotatable bonds is 2. The SMILES string of the molecule is FC(F)(Cl)c1nnc2sc(-c3ccc4scnc4c3)nn12. The number of hydrogen-bond acceptors (Lipinski definition) is 6. The first kappa shape index (κ1) is 13.0. The summed E-state index contributed by atoms with van der Waals surface area (Å²) in [6, 6.07) is 5.64. The van der Waals surface area contributed by atoms with E-state index >= 15 is 0 Å². The molecule has 3 aromatic heterocycles. The predicted molar refractivity (Wildman–Crippen MR) is 77.0 cm³/mol. The fourth-order valence-corrected chi connectivity index (χ4v) is 3.51. The van der Waals surface area contributed by atoms with Crippen LogP contribution in [0.3, 0.4) is 0 Å². The van der Waals surface area contributed by atoms with Crippen molar-refractivity contribution in [1.29, 1.82) is 0 Å². The summed E-state index contributed by atoms with van der Waals surface area (Å²) >= 11 is 7.69. The Morgan fingerprint density at radius 3 is 2.90 bits per heavy atom. The number of nitrogens with zero attached hydrogens (tertiary/aromatic N) is 5. The molecule has 0 amide bonds. The van der Waals surface area contributed by atoms with E-state index in [0.717, 1.165) is 31.6 Å². The zero-order chi connectivity index (χ0) is 14.6. The maximum atomic E-state index is 13.2. The van der Waals surface area contributed by atoms with Crippen molar-refractivity contribution in [3.05, 3.63) is 29.5 Å². The fraction of sp³-hybridized carbons (Fsp3) is 0.0909. The Balaban J connectivity index is 1.88. The molecule has 4 rings (SSSR count). The fourth-order valence-electron chi connectivity index (χ4n) is 1.90. The van der Waals surface area contributed by atoms with Crippen LogP contribution >= 0.6 is 34.3 Å². The van der Waals surface area contributed by atoms with Crippen LogP contribution in [-0.4, -0.2) is 24.8 Å². The van der Waals surface area contributed by atoms with E-state index in [4.69, 9.17) is 11.6 Å². The molecule has 106 valence electrons. The number of aromatic nitrogens is 5. The van der Waals surface area contributed by atoms with Crippen molar-refractivity contribution in [2.45, 2.75) is 5.38 Å². The van der Waals surface area contributed by atoms with Crippen molar-refractivity contribution < 1.29 is 8.78 Å². The Bertz CT molecular complexity index is 954. The average molecular weight is 344 g/mol. The third-order valence-corrected chi connectivity index (χ3v) is 4.75. The molecule has 0 fully saturated rings. The van der Waals surface area contributed by atoms with E-state index in [9.17, 15) is 8.78 Å². The summed E-state index contributed by atoms with van der Waals surface area (Å²) in [5, 5.41) is 8.11. The molecule has 4 aromatic rings. The number of hydrogen-bond donors (Lipinski definition) is 0. The van der Waals surface area contributed by atoms with Crippen LogP contribution in [0.15, 0.2) is 23.7 Å². The summed E-state index contributed by atoms with van der Waals surface area (Å²) in [6.45, 7) is 0. The molecule has 0 N–H and O–H groups in total. The Kier molecular flexibility index (Phi) is 2.72. The van der Waals surface area contributed by atoms with Crippen molar-refractivity contribution in [3.63, 3.8) is 0 Å². The van der Waals surface area contributed by atoms with Crippen molar-refractivity contribution in [2.24, 2.45) is 0 Å². The van der Waals surface area contributed by atoms with E-state index in [1.807, 2.05) is 18.2 Å². The van der Waals surface area contributed by atoms with E-state index in [1.165, 1.54) is 11.3 Å². The van der Waals surface area contributed by atoms with E-state index < -0.39 is 11.2 Å². The van der Waals surface area contributed by atoms with Gasteiger partial charge in [-0.25, -0.2) is 4.98 Å². The van der Waals surface area contributed by atoms with Gasteiger partial charge in [-0.2, -0.15) is 18.4 Å². The Labute approximate surface area is 128 Å². The smallest absolute Gasteiger partial charge is 0.245 e. The van der Waals surface area contributed by atoms with Gasteiger partial charge in [-0.3, -0.25) is 0 Å². The predicted octanol–water partition coefficient (Wildman–Crippen LogP) is 3.75. The summed E-state index contributed by atoms with van der Waals surface area (Å²) in [6.07, 6.45) is 0. The third-order valence-electron chi connectivity index (χ3n) is 2.82. The third kappa shape index (κ3) is 2.08. The highest BCUT2D eigenvalue weighted by atomic mass is 35.5. The molecule has 0 radical (unpaired) electrons. The minimum Gasteiger partial charge on any atom is -0.245 e. The zero-order valence-corrected chi connectivity index (χ0v) is 12.4. The van der Waals surface area contributed by atoms with Gasteiger partial charge in [-0.05, 0) is 23.7 Å². The first-order chi connectivity index (χ1) is 10.0. The first-order valence-electron chi connectivity index (χ1n) is 5.65. The normalized spacial score (nSPS) is 12.5. The Hall–Kier alpha value is -1.71. The van der Waals surface area contributed by atoms with Crippen molar-refractivity contribution >= 4 is 49.5 Å².